The lowest BCUT2D eigenvalue weighted by Gasteiger charge is -2.08. The molecule has 1 aromatic carbocycles. The zero-order chi connectivity index (χ0) is 8.97. The van der Waals surface area contributed by atoms with Gasteiger partial charge in [-0.15, -0.1) is 11.8 Å². The fourth-order valence-electron chi connectivity index (χ4n) is 1.22. The lowest BCUT2D eigenvalue weighted by Crippen LogP contribution is -2.18. The van der Waals surface area contributed by atoms with E-state index in [0.717, 1.165) is 6.42 Å². The van der Waals surface area contributed by atoms with Gasteiger partial charge < -0.3 is 5.73 Å². The summed E-state index contributed by atoms with van der Waals surface area (Å²) < 4.78 is 0. The molecule has 2 N–H and O–H groups in total. The summed E-state index contributed by atoms with van der Waals surface area (Å²) in [5.41, 5.74) is 7.10. The summed E-state index contributed by atoms with van der Waals surface area (Å²) >= 11 is 1.78. The van der Waals surface area contributed by atoms with Gasteiger partial charge in [0.15, 0.2) is 0 Å². The average Bonchev–Trinajstić information content (AvgIpc) is 2.04. The lowest BCUT2D eigenvalue weighted by molar-refractivity contribution is 0.729. The van der Waals surface area contributed by atoms with Crippen molar-refractivity contribution >= 4 is 11.8 Å². The molecule has 1 aromatic rings. The Morgan fingerprint density at radius 3 is 2.67 bits per heavy atom. The van der Waals surface area contributed by atoms with Crippen LogP contribution in [0.5, 0.6) is 0 Å². The highest BCUT2D eigenvalue weighted by Crippen LogP contribution is 2.20. The van der Waals surface area contributed by atoms with Gasteiger partial charge in [0.05, 0.1) is 0 Å². The van der Waals surface area contributed by atoms with E-state index in [4.69, 9.17) is 5.73 Å². The second-order valence-electron chi connectivity index (χ2n) is 2.99. The predicted molar refractivity (Wildman–Crippen MR) is 55.6 cm³/mol. The van der Waals surface area contributed by atoms with Crippen LogP contribution < -0.4 is 5.73 Å². The molecule has 1 unspecified atom stereocenters. The monoisotopic (exact) mass is 181 g/mol. The maximum absolute atomic E-state index is 5.74. The van der Waals surface area contributed by atoms with Crippen molar-refractivity contribution in [3.8, 4) is 0 Å². The normalized spacial score (nSPS) is 12.9. The fraction of sp³-hybridized carbons (Fsp3) is 0.400. The van der Waals surface area contributed by atoms with E-state index < -0.39 is 0 Å². The molecule has 0 aliphatic rings. The highest BCUT2D eigenvalue weighted by molar-refractivity contribution is 7.98. The van der Waals surface area contributed by atoms with Gasteiger partial charge in [0.2, 0.25) is 0 Å². The van der Waals surface area contributed by atoms with E-state index in [9.17, 15) is 0 Å². The van der Waals surface area contributed by atoms with Crippen molar-refractivity contribution in [2.45, 2.75) is 24.3 Å². The highest BCUT2D eigenvalue weighted by atomic mass is 32.2. The molecule has 66 valence electrons. The van der Waals surface area contributed by atoms with Crippen LogP contribution in [0.4, 0.5) is 0 Å². The van der Waals surface area contributed by atoms with Gasteiger partial charge in [0.25, 0.3) is 0 Å². The fourth-order valence-corrected chi connectivity index (χ4v) is 1.85. The van der Waals surface area contributed by atoms with Gasteiger partial charge in [-0.05, 0) is 31.2 Å². The molecule has 1 nitrogen and oxygen atoms in total. The summed E-state index contributed by atoms with van der Waals surface area (Å²) in [6.07, 6.45) is 3.07. The quantitative estimate of drug-likeness (QED) is 0.724. The zero-order valence-corrected chi connectivity index (χ0v) is 8.40. The van der Waals surface area contributed by atoms with Crippen LogP contribution in [0.15, 0.2) is 29.2 Å². The number of benzene rings is 1. The molecule has 12 heavy (non-hydrogen) atoms. The third-order valence-electron chi connectivity index (χ3n) is 1.73. The molecule has 0 saturated heterocycles. The van der Waals surface area contributed by atoms with E-state index in [1.54, 1.807) is 11.8 Å². The topological polar surface area (TPSA) is 26.0 Å². The van der Waals surface area contributed by atoms with Crippen molar-refractivity contribution < 1.29 is 0 Å². The van der Waals surface area contributed by atoms with E-state index in [1.807, 2.05) is 6.92 Å². The van der Waals surface area contributed by atoms with Crippen molar-refractivity contribution in [1.29, 1.82) is 0 Å². The van der Waals surface area contributed by atoms with Crippen LogP contribution in [0.3, 0.4) is 0 Å². The van der Waals surface area contributed by atoms with Crippen LogP contribution in [-0.4, -0.2) is 12.3 Å². The third kappa shape index (κ3) is 2.54. The van der Waals surface area contributed by atoms with Gasteiger partial charge in [-0.25, -0.2) is 0 Å². The summed E-state index contributed by atoms with van der Waals surface area (Å²) in [5.74, 6) is 0. The second kappa shape index (κ2) is 4.53. The van der Waals surface area contributed by atoms with Crippen LogP contribution >= 0.6 is 11.8 Å². The summed E-state index contributed by atoms with van der Waals surface area (Å²) in [7, 11) is 0. The number of hydrogen-bond acceptors (Lipinski definition) is 2. The molecule has 0 amide bonds. The molecule has 0 fully saturated rings. The van der Waals surface area contributed by atoms with Gasteiger partial charge in [-0.3, -0.25) is 0 Å². The largest absolute Gasteiger partial charge is 0.328 e. The second-order valence-corrected chi connectivity index (χ2v) is 3.84. The first kappa shape index (κ1) is 9.62. The first-order chi connectivity index (χ1) is 5.74. The lowest BCUT2D eigenvalue weighted by atomic mass is 10.1. The molecule has 1 rings (SSSR count). The summed E-state index contributed by atoms with van der Waals surface area (Å²) in [5, 5.41) is 0. The van der Waals surface area contributed by atoms with E-state index in [0.29, 0.717) is 0 Å². The molecule has 0 radical (unpaired) electrons. The standard InChI is InChI=1S/C10H15NS/c1-8(11)7-9-5-3-4-6-10(9)12-2/h3-6,8H,7,11H2,1-2H3. The highest BCUT2D eigenvalue weighted by Gasteiger charge is 2.02. The number of hydrogen-bond donors (Lipinski definition) is 1. The Kier molecular flexibility index (Phi) is 3.63. The molecule has 0 aliphatic carbocycles. The van der Waals surface area contributed by atoms with Crippen LogP contribution in [0, 0.1) is 0 Å². The summed E-state index contributed by atoms with van der Waals surface area (Å²) in [4.78, 5) is 1.34. The minimum absolute atomic E-state index is 0.248. The Bertz CT molecular complexity index is 245. The van der Waals surface area contributed by atoms with Crippen molar-refractivity contribution in [1.82, 2.24) is 0 Å². The minimum Gasteiger partial charge on any atom is -0.328 e. The Morgan fingerprint density at radius 2 is 2.08 bits per heavy atom. The molecule has 0 aromatic heterocycles. The predicted octanol–water partition coefficient (Wildman–Crippen LogP) is 2.30. The van der Waals surface area contributed by atoms with Crippen molar-refractivity contribution in [2.75, 3.05) is 6.26 Å². The van der Waals surface area contributed by atoms with Gasteiger partial charge in [-0.2, -0.15) is 0 Å². The Hall–Kier alpha value is -0.470. The molecule has 0 spiro atoms. The van der Waals surface area contributed by atoms with Gasteiger partial charge in [0, 0.05) is 10.9 Å². The van der Waals surface area contributed by atoms with Crippen molar-refractivity contribution in [3.05, 3.63) is 29.8 Å². The van der Waals surface area contributed by atoms with Gasteiger partial charge in [-0.1, -0.05) is 18.2 Å². The maximum atomic E-state index is 5.74. The van der Waals surface area contributed by atoms with Crippen LogP contribution in [0.1, 0.15) is 12.5 Å². The number of rotatable bonds is 3. The molecule has 0 bridgehead atoms. The molecule has 2 heteroatoms. The van der Waals surface area contributed by atoms with E-state index in [-0.39, 0.29) is 6.04 Å². The van der Waals surface area contributed by atoms with Crippen molar-refractivity contribution in [3.63, 3.8) is 0 Å². The Balaban J connectivity index is 2.82. The van der Waals surface area contributed by atoms with E-state index in [1.165, 1.54) is 10.5 Å². The molecule has 1 atom stereocenters. The molecule has 0 heterocycles. The third-order valence-corrected chi connectivity index (χ3v) is 2.57. The average molecular weight is 181 g/mol. The SMILES string of the molecule is CSc1ccccc1CC(C)N. The van der Waals surface area contributed by atoms with Crippen molar-refractivity contribution in [2.24, 2.45) is 5.73 Å². The zero-order valence-electron chi connectivity index (χ0n) is 7.58. The molecule has 0 saturated carbocycles. The first-order valence-electron chi connectivity index (χ1n) is 4.11. The van der Waals surface area contributed by atoms with E-state index in [2.05, 4.69) is 30.5 Å². The van der Waals surface area contributed by atoms with E-state index >= 15 is 0 Å². The summed E-state index contributed by atoms with van der Waals surface area (Å²) in [6.45, 7) is 2.04. The minimum atomic E-state index is 0.248. The smallest absolute Gasteiger partial charge is 0.0102 e. The molecule has 0 aliphatic heterocycles. The Morgan fingerprint density at radius 1 is 1.42 bits per heavy atom. The molecular weight excluding hydrogens is 166 g/mol. The molecular formula is C10H15NS. The number of nitrogens with two attached hydrogens (primary N) is 1. The number of thioether (sulfide) groups is 1. The van der Waals surface area contributed by atoms with Gasteiger partial charge >= 0.3 is 0 Å². The van der Waals surface area contributed by atoms with Crippen LogP contribution in [0.2, 0.25) is 0 Å². The first-order valence-corrected chi connectivity index (χ1v) is 5.34. The van der Waals surface area contributed by atoms with Crippen LogP contribution in [-0.2, 0) is 6.42 Å². The maximum Gasteiger partial charge on any atom is 0.0102 e. The summed E-state index contributed by atoms with van der Waals surface area (Å²) in [6, 6.07) is 8.67. The Labute approximate surface area is 78.4 Å². The van der Waals surface area contributed by atoms with Gasteiger partial charge in [0.1, 0.15) is 0 Å². The van der Waals surface area contributed by atoms with Crippen LogP contribution in [0.25, 0.3) is 0 Å².